The number of rotatable bonds is 7. The second kappa shape index (κ2) is 12.8. The Kier molecular flexibility index (Phi) is 9.28. The first-order chi connectivity index (χ1) is 23.8. The molecule has 2 saturated carbocycles. The van der Waals surface area contributed by atoms with Crippen LogP contribution in [0.3, 0.4) is 0 Å². The van der Waals surface area contributed by atoms with Gasteiger partial charge in [-0.1, -0.05) is 62.4 Å². The van der Waals surface area contributed by atoms with Crippen molar-refractivity contribution in [2.75, 3.05) is 6.61 Å². The molecular formula is C39H48O11Si. The van der Waals surface area contributed by atoms with Crippen LogP contribution in [0.15, 0.2) is 71.8 Å². The second-order valence-corrected chi connectivity index (χ2v) is 19.6. The maximum atomic E-state index is 15.7. The molecule has 0 spiro atoms. The number of esters is 3. The number of carbonyl (C=O) groups excluding carboxylic acids is 4. The van der Waals surface area contributed by atoms with E-state index in [0.29, 0.717) is 5.57 Å². The summed E-state index contributed by atoms with van der Waals surface area (Å²) in [6.45, 7) is 13.0. The van der Waals surface area contributed by atoms with E-state index in [1.807, 2.05) is 43.4 Å². The van der Waals surface area contributed by atoms with E-state index >= 15 is 4.79 Å². The number of hydrogen-bond donors (Lipinski definition) is 2. The van der Waals surface area contributed by atoms with Gasteiger partial charge < -0.3 is 33.6 Å². The Balaban J connectivity index is 1.67. The van der Waals surface area contributed by atoms with Crippen molar-refractivity contribution in [2.24, 2.45) is 16.7 Å². The summed E-state index contributed by atoms with van der Waals surface area (Å²) in [6, 6.07) is 17.9. The Bertz CT molecular complexity index is 1760. The Morgan fingerprint density at radius 2 is 1.53 bits per heavy atom. The van der Waals surface area contributed by atoms with Crippen molar-refractivity contribution in [2.45, 2.75) is 109 Å². The SMILES string of the molecule is CC(=O)O[C@H]1C(=O)[C@@]2(C)C([C@H](OC(=O)c3ccccc3)[C@]3(O)C[C@H](O)C(C)=C1C3(C)C)[C@]1(OC(C)=O)CO[C@@H]1C[C@@H]2O[Si](C)(C)c1ccccc1. The van der Waals surface area contributed by atoms with Gasteiger partial charge in [-0.15, -0.1) is 0 Å². The van der Waals surface area contributed by atoms with Gasteiger partial charge in [-0.05, 0) is 55.4 Å². The van der Waals surface area contributed by atoms with E-state index in [-0.39, 0.29) is 30.6 Å². The largest absolute Gasteiger partial charge is 0.455 e. The minimum atomic E-state index is -2.84. The van der Waals surface area contributed by atoms with Gasteiger partial charge >= 0.3 is 17.9 Å². The van der Waals surface area contributed by atoms with E-state index < -0.39 is 90.5 Å². The van der Waals surface area contributed by atoms with Crippen LogP contribution in [0.2, 0.25) is 13.1 Å². The van der Waals surface area contributed by atoms with Crippen molar-refractivity contribution >= 4 is 37.2 Å². The van der Waals surface area contributed by atoms with Crippen molar-refractivity contribution < 1.29 is 52.8 Å². The summed E-state index contributed by atoms with van der Waals surface area (Å²) in [4.78, 5) is 55.7. The summed E-state index contributed by atoms with van der Waals surface area (Å²) in [5.74, 6) is -4.05. The highest BCUT2D eigenvalue weighted by atomic mass is 28.4. The highest BCUT2D eigenvalue weighted by Crippen LogP contribution is 2.65. The maximum absolute atomic E-state index is 15.7. The summed E-state index contributed by atoms with van der Waals surface area (Å²) in [6.07, 6.45) is -6.36. The first-order valence-corrected chi connectivity index (χ1v) is 20.4. The van der Waals surface area contributed by atoms with Crippen molar-refractivity contribution in [3.63, 3.8) is 0 Å². The normalized spacial score (nSPS) is 35.6. The van der Waals surface area contributed by atoms with E-state index in [9.17, 15) is 24.6 Å². The molecule has 6 rings (SSSR count). The van der Waals surface area contributed by atoms with Crippen molar-refractivity contribution in [3.05, 3.63) is 77.4 Å². The highest BCUT2D eigenvalue weighted by Gasteiger charge is 2.78. The Morgan fingerprint density at radius 1 is 0.922 bits per heavy atom. The second-order valence-electron chi connectivity index (χ2n) is 15.7. The van der Waals surface area contributed by atoms with Gasteiger partial charge in [0.25, 0.3) is 0 Å². The average molecular weight is 721 g/mol. The van der Waals surface area contributed by atoms with E-state index in [1.54, 1.807) is 58.0 Å². The van der Waals surface area contributed by atoms with Gasteiger partial charge in [0.2, 0.25) is 8.32 Å². The van der Waals surface area contributed by atoms with Gasteiger partial charge in [0.15, 0.2) is 17.5 Å². The molecule has 4 aliphatic rings. The third-order valence-electron chi connectivity index (χ3n) is 12.1. The van der Waals surface area contributed by atoms with Crippen LogP contribution in [0.5, 0.6) is 0 Å². The molecule has 11 nitrogen and oxygen atoms in total. The number of hydrogen-bond acceptors (Lipinski definition) is 11. The zero-order valence-electron chi connectivity index (χ0n) is 30.4. The lowest BCUT2D eigenvalue weighted by molar-refractivity contribution is -0.344. The number of ketones is 1. The summed E-state index contributed by atoms with van der Waals surface area (Å²) in [5.41, 5.74) is -6.05. The predicted molar refractivity (Wildman–Crippen MR) is 187 cm³/mol. The third-order valence-corrected chi connectivity index (χ3v) is 14.7. The molecule has 9 atom stereocenters. The van der Waals surface area contributed by atoms with Gasteiger partial charge in [-0.25, -0.2) is 4.79 Å². The lowest BCUT2D eigenvalue weighted by Crippen LogP contribution is -2.82. The van der Waals surface area contributed by atoms with Crippen molar-refractivity contribution in [3.8, 4) is 0 Å². The zero-order chi connectivity index (χ0) is 37.3. The molecule has 2 aromatic carbocycles. The molecule has 1 unspecified atom stereocenters. The van der Waals surface area contributed by atoms with Crippen LogP contribution in [-0.4, -0.2) is 90.6 Å². The Hall–Kier alpha value is -3.68. The molecule has 12 heteroatoms. The summed E-state index contributed by atoms with van der Waals surface area (Å²) < 4.78 is 31.8. The fraction of sp³-hybridized carbons (Fsp3) is 0.538. The molecule has 1 saturated heterocycles. The fourth-order valence-corrected chi connectivity index (χ4v) is 11.5. The number of Topliss-reactive ketones (excluding diaryl/α,β-unsaturated/α-hetero) is 1. The van der Waals surface area contributed by atoms with Crippen LogP contribution in [0.25, 0.3) is 0 Å². The molecule has 1 heterocycles. The monoisotopic (exact) mass is 720 g/mol. The van der Waals surface area contributed by atoms with Gasteiger partial charge in [-0.2, -0.15) is 0 Å². The van der Waals surface area contributed by atoms with E-state index in [4.69, 9.17) is 23.4 Å². The Labute approximate surface area is 299 Å². The summed E-state index contributed by atoms with van der Waals surface area (Å²) in [7, 11) is -2.84. The standard InChI is InChI=1S/C39H48O11Si/c1-22-27(42)20-39(45)34(48-35(44)25-15-11-9-12-16-25)32-37(6,33(43)31(47-23(2)40)30(22)36(39,4)5)28(19-29-38(32,21-46-29)49-24(3)41)50-51(7,8)26-17-13-10-14-18-26/h9-18,27-29,31-32,34,42,45H,19-21H2,1-8H3/t27-,28-,29+,31+,32?,34-,37+,38-,39+/m0/s1. The number of aliphatic hydroxyl groups is 2. The molecule has 0 radical (unpaired) electrons. The van der Waals surface area contributed by atoms with Gasteiger partial charge in [-0.3, -0.25) is 14.4 Å². The van der Waals surface area contributed by atoms with E-state index in [2.05, 4.69) is 0 Å². The first kappa shape index (κ1) is 37.1. The number of fused-ring (bicyclic) bond motifs is 5. The molecule has 0 aromatic heterocycles. The smallest absolute Gasteiger partial charge is 0.338 e. The van der Waals surface area contributed by atoms with Crippen LogP contribution in [0.1, 0.15) is 64.7 Å². The minimum Gasteiger partial charge on any atom is -0.455 e. The van der Waals surface area contributed by atoms with Crippen molar-refractivity contribution in [1.29, 1.82) is 0 Å². The summed E-state index contributed by atoms with van der Waals surface area (Å²) in [5, 5.41) is 25.9. The van der Waals surface area contributed by atoms with Crippen molar-refractivity contribution in [1.82, 2.24) is 0 Å². The lowest BCUT2D eigenvalue weighted by atomic mass is 9.44. The maximum Gasteiger partial charge on any atom is 0.338 e. The van der Waals surface area contributed by atoms with Crippen LogP contribution in [-0.2, 0) is 37.8 Å². The molecule has 2 aromatic rings. The lowest BCUT2D eigenvalue weighted by Gasteiger charge is -2.68. The third kappa shape index (κ3) is 5.70. The molecular weight excluding hydrogens is 673 g/mol. The summed E-state index contributed by atoms with van der Waals surface area (Å²) >= 11 is 0. The minimum absolute atomic E-state index is 0.115. The predicted octanol–water partition coefficient (Wildman–Crippen LogP) is 3.79. The van der Waals surface area contributed by atoms with Crippen LogP contribution in [0, 0.1) is 16.7 Å². The number of aliphatic hydroxyl groups excluding tert-OH is 1. The quantitative estimate of drug-likeness (QED) is 0.186. The zero-order valence-corrected chi connectivity index (χ0v) is 31.4. The van der Waals surface area contributed by atoms with E-state index in [1.165, 1.54) is 13.8 Å². The number of benzene rings is 2. The van der Waals surface area contributed by atoms with Crippen LogP contribution in [0.4, 0.5) is 0 Å². The number of carbonyl (C=O) groups is 4. The molecule has 2 bridgehead atoms. The molecule has 3 aliphatic carbocycles. The van der Waals surface area contributed by atoms with Crippen LogP contribution < -0.4 is 5.19 Å². The van der Waals surface area contributed by atoms with Gasteiger partial charge in [0.1, 0.15) is 17.8 Å². The Morgan fingerprint density at radius 3 is 2.08 bits per heavy atom. The fourth-order valence-electron chi connectivity index (χ4n) is 9.32. The molecule has 0 amide bonds. The molecule has 51 heavy (non-hydrogen) atoms. The van der Waals surface area contributed by atoms with E-state index in [0.717, 1.165) is 5.19 Å². The van der Waals surface area contributed by atoms with Gasteiger partial charge in [0, 0.05) is 32.1 Å². The molecule has 1 aliphatic heterocycles. The molecule has 2 N–H and O–H groups in total. The van der Waals surface area contributed by atoms with Gasteiger partial charge in [0.05, 0.1) is 35.7 Å². The molecule has 3 fully saturated rings. The highest BCUT2D eigenvalue weighted by molar-refractivity contribution is 6.84. The topological polar surface area (TPSA) is 155 Å². The molecule has 274 valence electrons. The van der Waals surface area contributed by atoms with Crippen LogP contribution >= 0.6 is 0 Å². The first-order valence-electron chi connectivity index (χ1n) is 17.4. The number of ether oxygens (including phenoxy) is 4. The average Bonchev–Trinajstić information content (AvgIpc) is 3.06.